The first-order chi connectivity index (χ1) is 3.68. The maximum absolute atomic E-state index is 9.73. The number of aliphatic hydroxyl groups excluding tert-OH is 1. The number of carbonyl (C=O) groups excluding carboxylic acids is 1. The largest absolute Gasteiger partial charge is 1.00 e. The summed E-state index contributed by atoms with van der Waals surface area (Å²) >= 11 is 0. The fourth-order valence-corrected chi connectivity index (χ4v) is 0.391. The molecule has 0 radical (unpaired) electrons. The van der Waals surface area contributed by atoms with E-state index in [1.807, 2.05) is 0 Å². The molecule has 0 saturated heterocycles. The molecule has 0 aromatic heterocycles. The van der Waals surface area contributed by atoms with Crippen LogP contribution in [0.1, 0.15) is 19.8 Å². The molecule has 0 aliphatic heterocycles. The van der Waals surface area contributed by atoms with Crippen LogP contribution in [-0.2, 0) is 4.79 Å². The summed E-state index contributed by atoms with van der Waals surface area (Å²) < 4.78 is 0. The molecule has 0 aromatic carbocycles. The Labute approximate surface area is 96.9 Å². The fourth-order valence-electron chi connectivity index (χ4n) is 0.391. The van der Waals surface area contributed by atoms with Gasteiger partial charge in [-0.15, -0.1) is 0 Å². The molecule has 0 saturated carbocycles. The molecule has 0 fully saturated rings. The predicted octanol–water partition coefficient (Wildman–Crippen LogP) is -4.10. The van der Waals surface area contributed by atoms with Crippen molar-refractivity contribution in [3.05, 3.63) is 0 Å². The Morgan fingerprint density at radius 2 is 2.22 bits per heavy atom. The van der Waals surface area contributed by atoms with Gasteiger partial charge in [-0.3, -0.25) is 0 Å². The zero-order valence-corrected chi connectivity index (χ0v) is 8.88. The Morgan fingerprint density at radius 3 is 2.33 bits per heavy atom. The third kappa shape index (κ3) is 6.96. The normalized spacial score (nSPS) is 11.8. The van der Waals surface area contributed by atoms with E-state index in [-0.39, 0.29) is 57.8 Å². The molecule has 1 unspecified atom stereocenters. The second-order valence-electron chi connectivity index (χ2n) is 1.62. The summed E-state index contributed by atoms with van der Waals surface area (Å²) in [6.07, 6.45) is -0.336. The topological polar surface area (TPSA) is 60.4 Å². The van der Waals surface area contributed by atoms with Crippen molar-refractivity contribution in [2.45, 2.75) is 25.9 Å². The molecule has 0 aromatic rings. The Hall–Kier alpha value is 1.07. The Bertz CT molecular complexity index is 84.3. The van der Waals surface area contributed by atoms with Gasteiger partial charge in [-0.05, 0) is 6.42 Å². The van der Waals surface area contributed by atoms with Crippen molar-refractivity contribution in [1.82, 2.24) is 0 Å². The van der Waals surface area contributed by atoms with Gasteiger partial charge < -0.3 is 15.0 Å². The van der Waals surface area contributed by atoms with Crippen LogP contribution in [0, 0.1) is 0 Å². The average molecular weight is 156 g/mol. The van der Waals surface area contributed by atoms with Gasteiger partial charge in [-0.1, -0.05) is 13.3 Å². The van der Waals surface area contributed by atoms with Crippen molar-refractivity contribution in [2.75, 3.05) is 0 Å². The molecule has 1 atom stereocenters. The number of rotatable bonds is 3. The van der Waals surface area contributed by atoms with E-state index in [1.54, 1.807) is 6.92 Å². The second kappa shape index (κ2) is 7.18. The van der Waals surface area contributed by atoms with Crippen LogP contribution in [0.4, 0.5) is 0 Å². The molecule has 0 aliphatic rings. The van der Waals surface area contributed by atoms with E-state index in [0.717, 1.165) is 0 Å². The standard InChI is InChI=1S/C5H10O3.K/c1-2-3-4(6)5(7)8;/h4,6H,2-3H2,1H3,(H,7,8);/q;+1/p-1. The van der Waals surface area contributed by atoms with E-state index >= 15 is 0 Å². The van der Waals surface area contributed by atoms with Crippen LogP contribution in [0.3, 0.4) is 0 Å². The van der Waals surface area contributed by atoms with Gasteiger partial charge in [0.15, 0.2) is 0 Å². The Kier molecular flexibility index (Phi) is 10.1. The fraction of sp³-hybridized carbons (Fsp3) is 0.800. The van der Waals surface area contributed by atoms with Gasteiger partial charge >= 0.3 is 51.4 Å². The first kappa shape index (κ1) is 12.7. The number of aliphatic hydroxyl groups is 1. The molecule has 0 bridgehead atoms. The molecular formula is C5H9KO3. The van der Waals surface area contributed by atoms with Crippen LogP contribution >= 0.6 is 0 Å². The molecule has 4 heteroatoms. The third-order valence-electron chi connectivity index (χ3n) is 0.834. The summed E-state index contributed by atoms with van der Waals surface area (Å²) in [5.41, 5.74) is 0. The van der Waals surface area contributed by atoms with Gasteiger partial charge in [-0.25, -0.2) is 0 Å². The quantitative estimate of drug-likeness (QED) is 0.423. The molecule has 1 N–H and O–H groups in total. The first-order valence-electron chi connectivity index (χ1n) is 2.57. The predicted molar refractivity (Wildman–Crippen MR) is 25.9 cm³/mol. The summed E-state index contributed by atoms with van der Waals surface area (Å²) in [5, 5.41) is 18.2. The molecule has 0 amide bonds. The maximum atomic E-state index is 9.73. The van der Waals surface area contributed by atoms with Crippen LogP contribution in [-0.4, -0.2) is 17.2 Å². The number of carboxylic acids is 1. The molecule has 0 spiro atoms. The maximum Gasteiger partial charge on any atom is 1.00 e. The third-order valence-corrected chi connectivity index (χ3v) is 0.834. The van der Waals surface area contributed by atoms with E-state index in [4.69, 9.17) is 5.11 Å². The zero-order chi connectivity index (χ0) is 6.57. The number of aliphatic carboxylic acids is 1. The van der Waals surface area contributed by atoms with Crippen molar-refractivity contribution in [1.29, 1.82) is 0 Å². The number of hydrogen-bond donors (Lipinski definition) is 1. The van der Waals surface area contributed by atoms with Crippen molar-refractivity contribution in [3.63, 3.8) is 0 Å². The molecule has 0 rings (SSSR count). The van der Waals surface area contributed by atoms with E-state index < -0.39 is 12.1 Å². The minimum atomic E-state index is -1.38. The van der Waals surface area contributed by atoms with Gasteiger partial charge in [0, 0.05) is 0 Å². The van der Waals surface area contributed by atoms with Gasteiger partial charge in [-0.2, -0.15) is 0 Å². The summed E-state index contributed by atoms with van der Waals surface area (Å²) in [7, 11) is 0. The summed E-state index contributed by atoms with van der Waals surface area (Å²) in [5.74, 6) is -1.38. The molecule has 48 valence electrons. The van der Waals surface area contributed by atoms with Crippen molar-refractivity contribution < 1.29 is 66.4 Å². The summed E-state index contributed by atoms with van der Waals surface area (Å²) in [4.78, 5) is 9.73. The van der Waals surface area contributed by atoms with E-state index in [0.29, 0.717) is 6.42 Å². The van der Waals surface area contributed by atoms with Gasteiger partial charge in [0.05, 0.1) is 12.1 Å². The molecular weight excluding hydrogens is 147 g/mol. The van der Waals surface area contributed by atoms with Crippen LogP contribution in [0.5, 0.6) is 0 Å². The molecule has 0 aliphatic carbocycles. The van der Waals surface area contributed by atoms with E-state index in [2.05, 4.69) is 0 Å². The zero-order valence-electron chi connectivity index (χ0n) is 5.76. The average Bonchev–Trinajstić information content (AvgIpc) is 1.67. The SMILES string of the molecule is CCCC(O)C(=O)[O-].[K+]. The summed E-state index contributed by atoms with van der Waals surface area (Å²) in [6, 6.07) is 0. The number of carboxylic acid groups (broad SMARTS) is 1. The van der Waals surface area contributed by atoms with Crippen molar-refractivity contribution >= 4 is 5.97 Å². The summed E-state index contributed by atoms with van der Waals surface area (Å²) in [6.45, 7) is 1.80. The second-order valence-corrected chi connectivity index (χ2v) is 1.62. The number of carbonyl (C=O) groups is 1. The van der Waals surface area contributed by atoms with Crippen LogP contribution in [0.15, 0.2) is 0 Å². The van der Waals surface area contributed by atoms with Crippen LogP contribution < -0.4 is 56.5 Å². The Morgan fingerprint density at radius 1 is 1.78 bits per heavy atom. The molecule has 0 heterocycles. The molecule has 3 nitrogen and oxygen atoms in total. The smallest absolute Gasteiger partial charge is 0.547 e. The van der Waals surface area contributed by atoms with Crippen molar-refractivity contribution in [2.24, 2.45) is 0 Å². The minimum absolute atomic E-state index is 0. The van der Waals surface area contributed by atoms with Crippen molar-refractivity contribution in [3.8, 4) is 0 Å². The van der Waals surface area contributed by atoms with Gasteiger partial charge in [0.2, 0.25) is 0 Å². The minimum Gasteiger partial charge on any atom is -0.547 e. The van der Waals surface area contributed by atoms with E-state index in [9.17, 15) is 9.90 Å². The van der Waals surface area contributed by atoms with E-state index in [1.165, 1.54) is 0 Å². The van der Waals surface area contributed by atoms with Gasteiger partial charge in [0.1, 0.15) is 0 Å². The molecule has 9 heavy (non-hydrogen) atoms. The first-order valence-corrected chi connectivity index (χ1v) is 2.57. The van der Waals surface area contributed by atoms with Crippen LogP contribution in [0.2, 0.25) is 0 Å². The monoisotopic (exact) mass is 156 g/mol. The Balaban J connectivity index is 0. The van der Waals surface area contributed by atoms with Gasteiger partial charge in [0.25, 0.3) is 0 Å². The number of hydrogen-bond acceptors (Lipinski definition) is 3. The van der Waals surface area contributed by atoms with Crippen LogP contribution in [0.25, 0.3) is 0 Å².